The smallest absolute Gasteiger partial charge is 0.162 e. The molecular weight excluding hydrogens is 459 g/mol. The van der Waals surface area contributed by atoms with Crippen molar-refractivity contribution >= 4 is 45.0 Å². The molecule has 1 heterocycles. The van der Waals surface area contributed by atoms with Crippen LogP contribution < -0.4 is 5.43 Å². The van der Waals surface area contributed by atoms with Crippen LogP contribution in [0.25, 0.3) is 22.3 Å². The van der Waals surface area contributed by atoms with Gasteiger partial charge in [0.15, 0.2) is 11.6 Å². The standard InChI is InChI=1S/C23H19IN4/c1-15-7-9-18(10-8-15)22-25-21-6-4-3-5-20(21)23(26-22)28-27-16(2)17-11-13-19(24)14-12-17/h3-14H,1-2H3,(H,25,26,28). The first-order chi connectivity index (χ1) is 13.6. The Balaban J connectivity index is 1.73. The van der Waals surface area contributed by atoms with Crippen LogP contribution in [0.3, 0.4) is 0 Å². The molecule has 3 aromatic carbocycles. The molecule has 0 aliphatic carbocycles. The fourth-order valence-corrected chi connectivity index (χ4v) is 3.25. The molecule has 0 spiro atoms. The minimum Gasteiger partial charge on any atom is -0.260 e. The van der Waals surface area contributed by atoms with Crippen molar-refractivity contribution in [3.05, 3.63) is 87.5 Å². The van der Waals surface area contributed by atoms with Crippen molar-refractivity contribution in [3.63, 3.8) is 0 Å². The minimum absolute atomic E-state index is 0.684. The van der Waals surface area contributed by atoms with E-state index in [-0.39, 0.29) is 0 Å². The van der Waals surface area contributed by atoms with E-state index in [0.717, 1.165) is 27.7 Å². The van der Waals surface area contributed by atoms with E-state index < -0.39 is 0 Å². The van der Waals surface area contributed by atoms with Gasteiger partial charge in [-0.05, 0) is 66.3 Å². The first-order valence-electron chi connectivity index (χ1n) is 9.00. The minimum atomic E-state index is 0.684. The second-order valence-corrected chi connectivity index (χ2v) is 7.84. The van der Waals surface area contributed by atoms with Crippen LogP contribution in [0.15, 0.2) is 77.9 Å². The van der Waals surface area contributed by atoms with Crippen molar-refractivity contribution in [1.82, 2.24) is 9.97 Å². The lowest BCUT2D eigenvalue weighted by Gasteiger charge is -2.09. The molecule has 0 fully saturated rings. The Morgan fingerprint density at radius 1 is 0.893 bits per heavy atom. The van der Waals surface area contributed by atoms with Gasteiger partial charge in [-0.3, -0.25) is 5.43 Å². The van der Waals surface area contributed by atoms with Crippen molar-refractivity contribution in [2.24, 2.45) is 5.10 Å². The van der Waals surface area contributed by atoms with Gasteiger partial charge in [0.1, 0.15) is 0 Å². The molecule has 0 radical (unpaired) electrons. The third-order valence-corrected chi connectivity index (χ3v) is 5.22. The van der Waals surface area contributed by atoms with Crippen LogP contribution in [-0.4, -0.2) is 15.7 Å². The maximum Gasteiger partial charge on any atom is 0.162 e. The van der Waals surface area contributed by atoms with Gasteiger partial charge in [0, 0.05) is 14.5 Å². The Kier molecular flexibility index (Phi) is 5.34. The van der Waals surface area contributed by atoms with Gasteiger partial charge >= 0.3 is 0 Å². The highest BCUT2D eigenvalue weighted by molar-refractivity contribution is 14.1. The maximum absolute atomic E-state index is 4.75. The molecule has 1 N–H and O–H groups in total. The summed E-state index contributed by atoms with van der Waals surface area (Å²) in [6.07, 6.45) is 0. The zero-order valence-corrected chi connectivity index (χ0v) is 17.8. The molecule has 0 amide bonds. The number of nitrogens with one attached hydrogen (secondary N) is 1. The molecule has 0 unspecified atom stereocenters. The average molecular weight is 478 g/mol. The maximum atomic E-state index is 4.75. The molecule has 0 aliphatic rings. The number of aromatic nitrogens is 2. The molecule has 0 aliphatic heterocycles. The van der Waals surface area contributed by atoms with Crippen LogP contribution in [0.5, 0.6) is 0 Å². The zero-order chi connectivity index (χ0) is 19.5. The molecule has 1 aromatic heterocycles. The molecule has 4 rings (SSSR count). The van der Waals surface area contributed by atoms with Gasteiger partial charge in [0.2, 0.25) is 0 Å². The highest BCUT2D eigenvalue weighted by Gasteiger charge is 2.09. The van der Waals surface area contributed by atoms with E-state index in [2.05, 4.69) is 76.4 Å². The number of anilines is 1. The first-order valence-corrected chi connectivity index (χ1v) is 10.1. The van der Waals surface area contributed by atoms with Crippen molar-refractivity contribution in [3.8, 4) is 11.4 Å². The number of hydrazone groups is 1. The van der Waals surface area contributed by atoms with Gasteiger partial charge in [-0.1, -0.05) is 54.1 Å². The lowest BCUT2D eigenvalue weighted by molar-refractivity contribution is 1.18. The van der Waals surface area contributed by atoms with Crippen molar-refractivity contribution in [2.45, 2.75) is 13.8 Å². The number of hydrogen-bond donors (Lipinski definition) is 1. The van der Waals surface area contributed by atoms with Crippen LogP contribution in [0.1, 0.15) is 18.1 Å². The molecule has 138 valence electrons. The highest BCUT2D eigenvalue weighted by Crippen LogP contribution is 2.25. The number of para-hydroxylation sites is 1. The molecule has 0 bridgehead atoms. The summed E-state index contributed by atoms with van der Waals surface area (Å²) >= 11 is 2.30. The van der Waals surface area contributed by atoms with Crippen LogP contribution in [0.4, 0.5) is 5.82 Å². The molecule has 0 saturated carbocycles. The predicted octanol–water partition coefficient (Wildman–Crippen LogP) is 6.05. The Labute approximate surface area is 177 Å². The van der Waals surface area contributed by atoms with E-state index in [1.165, 1.54) is 9.13 Å². The molecule has 0 atom stereocenters. The number of nitrogens with zero attached hydrogens (tertiary/aromatic N) is 3. The van der Waals surface area contributed by atoms with Crippen LogP contribution in [-0.2, 0) is 0 Å². The van der Waals surface area contributed by atoms with E-state index in [0.29, 0.717) is 11.6 Å². The Morgan fingerprint density at radius 3 is 2.36 bits per heavy atom. The number of benzene rings is 3. The lowest BCUT2D eigenvalue weighted by Crippen LogP contribution is -2.03. The van der Waals surface area contributed by atoms with E-state index >= 15 is 0 Å². The fourth-order valence-electron chi connectivity index (χ4n) is 2.89. The Hall–Kier alpha value is -2.80. The second-order valence-electron chi connectivity index (χ2n) is 6.59. The molecule has 4 aromatic rings. The largest absolute Gasteiger partial charge is 0.260 e. The SMILES string of the molecule is CC(=NNc1nc(-c2ccc(C)cc2)nc2ccccc12)c1ccc(I)cc1. The van der Waals surface area contributed by atoms with E-state index in [4.69, 9.17) is 9.97 Å². The number of fused-ring (bicyclic) bond motifs is 1. The van der Waals surface area contributed by atoms with E-state index in [9.17, 15) is 0 Å². The predicted molar refractivity (Wildman–Crippen MR) is 125 cm³/mol. The van der Waals surface area contributed by atoms with Crippen LogP contribution in [0, 0.1) is 10.5 Å². The summed E-state index contributed by atoms with van der Waals surface area (Å²) in [6, 6.07) is 24.5. The van der Waals surface area contributed by atoms with Gasteiger partial charge in [-0.25, -0.2) is 9.97 Å². The van der Waals surface area contributed by atoms with Gasteiger partial charge in [-0.15, -0.1) is 0 Å². The molecule has 28 heavy (non-hydrogen) atoms. The van der Waals surface area contributed by atoms with E-state index in [1.54, 1.807) is 0 Å². The molecule has 4 nitrogen and oxygen atoms in total. The zero-order valence-electron chi connectivity index (χ0n) is 15.6. The van der Waals surface area contributed by atoms with Crippen molar-refractivity contribution < 1.29 is 0 Å². The van der Waals surface area contributed by atoms with Crippen LogP contribution >= 0.6 is 22.6 Å². The summed E-state index contributed by atoms with van der Waals surface area (Å²) in [5, 5.41) is 5.51. The number of hydrogen-bond acceptors (Lipinski definition) is 4. The lowest BCUT2D eigenvalue weighted by atomic mass is 10.1. The quantitative estimate of drug-likeness (QED) is 0.221. The number of halogens is 1. The van der Waals surface area contributed by atoms with Gasteiger partial charge < -0.3 is 0 Å². The monoisotopic (exact) mass is 478 g/mol. The summed E-state index contributed by atoms with van der Waals surface area (Å²) in [6.45, 7) is 4.06. The van der Waals surface area contributed by atoms with Gasteiger partial charge in [0.05, 0.1) is 11.2 Å². The highest BCUT2D eigenvalue weighted by atomic mass is 127. The third kappa shape index (κ3) is 4.04. The van der Waals surface area contributed by atoms with Crippen LogP contribution in [0.2, 0.25) is 0 Å². The second kappa shape index (κ2) is 8.06. The normalized spacial score (nSPS) is 11.6. The fraction of sp³-hybridized carbons (Fsp3) is 0.0870. The summed E-state index contributed by atoms with van der Waals surface area (Å²) in [7, 11) is 0. The number of rotatable bonds is 4. The summed E-state index contributed by atoms with van der Waals surface area (Å²) in [5.74, 6) is 1.38. The van der Waals surface area contributed by atoms with E-state index in [1.807, 2.05) is 43.3 Å². The third-order valence-electron chi connectivity index (χ3n) is 4.50. The first kappa shape index (κ1) is 18.6. The topological polar surface area (TPSA) is 50.2 Å². The van der Waals surface area contributed by atoms with Gasteiger partial charge in [-0.2, -0.15) is 5.10 Å². The average Bonchev–Trinajstić information content (AvgIpc) is 2.72. The summed E-state index contributed by atoms with van der Waals surface area (Å²) in [4.78, 5) is 9.48. The molecule has 0 saturated heterocycles. The van der Waals surface area contributed by atoms with Crippen molar-refractivity contribution in [1.29, 1.82) is 0 Å². The van der Waals surface area contributed by atoms with Gasteiger partial charge in [0.25, 0.3) is 0 Å². The molecule has 5 heteroatoms. The summed E-state index contributed by atoms with van der Waals surface area (Å²) < 4.78 is 1.20. The summed E-state index contributed by atoms with van der Waals surface area (Å²) in [5.41, 5.74) is 8.21. The Morgan fingerprint density at radius 2 is 1.61 bits per heavy atom. The number of aryl methyl sites for hydroxylation is 1. The molecular formula is C23H19IN4. The van der Waals surface area contributed by atoms with Crippen molar-refractivity contribution in [2.75, 3.05) is 5.43 Å². The Bertz CT molecular complexity index is 1150.